The highest BCUT2D eigenvalue weighted by atomic mass is 35.5. The van der Waals surface area contributed by atoms with Crippen molar-refractivity contribution in [2.24, 2.45) is 0 Å². The topological polar surface area (TPSA) is 50.8 Å². The molecule has 0 saturated carbocycles. The molecule has 1 aliphatic rings. The zero-order valence-electron chi connectivity index (χ0n) is 16.8. The number of alkyl halides is 3. The number of nitrogens with one attached hydrogen (secondary N) is 1. The van der Waals surface area contributed by atoms with E-state index < -0.39 is 22.7 Å². The van der Waals surface area contributed by atoms with Gasteiger partial charge in [0.15, 0.2) is 11.5 Å². The first kappa shape index (κ1) is 22.2. The Bertz CT molecular complexity index is 950. The van der Waals surface area contributed by atoms with Crippen LogP contribution in [0, 0.1) is 0 Å². The van der Waals surface area contributed by atoms with Gasteiger partial charge in [-0.15, -0.1) is 0 Å². The second-order valence-electron chi connectivity index (χ2n) is 7.04. The summed E-state index contributed by atoms with van der Waals surface area (Å²) in [5.74, 6) is 0.856. The van der Waals surface area contributed by atoms with Gasteiger partial charge in [-0.2, -0.15) is 13.2 Å². The summed E-state index contributed by atoms with van der Waals surface area (Å²) in [7, 11) is 3.14. The van der Waals surface area contributed by atoms with Gasteiger partial charge in [0, 0.05) is 18.3 Å². The summed E-state index contributed by atoms with van der Waals surface area (Å²) in [6.07, 6.45) is -3.88. The third-order valence-corrected chi connectivity index (χ3v) is 5.54. The van der Waals surface area contributed by atoms with E-state index in [0.717, 1.165) is 23.3 Å². The van der Waals surface area contributed by atoms with Crippen molar-refractivity contribution in [1.82, 2.24) is 4.90 Å². The van der Waals surface area contributed by atoms with E-state index >= 15 is 0 Å². The lowest BCUT2D eigenvalue weighted by Gasteiger charge is -2.35. The third-order valence-electron chi connectivity index (χ3n) is 5.21. The fourth-order valence-corrected chi connectivity index (χ4v) is 3.84. The van der Waals surface area contributed by atoms with Gasteiger partial charge in [-0.3, -0.25) is 9.69 Å². The van der Waals surface area contributed by atoms with Crippen molar-refractivity contribution in [1.29, 1.82) is 0 Å². The molecule has 1 N–H and O–H groups in total. The van der Waals surface area contributed by atoms with Crippen LogP contribution < -0.4 is 14.8 Å². The van der Waals surface area contributed by atoms with Crippen LogP contribution in [-0.2, 0) is 17.4 Å². The predicted octanol–water partition coefficient (Wildman–Crippen LogP) is 4.93. The third kappa shape index (κ3) is 4.65. The van der Waals surface area contributed by atoms with E-state index in [0.29, 0.717) is 24.5 Å². The van der Waals surface area contributed by atoms with Crippen LogP contribution in [0.1, 0.15) is 29.7 Å². The average molecular weight is 443 g/mol. The fraction of sp³-hybridized carbons (Fsp3) is 0.381. The van der Waals surface area contributed by atoms with Crippen molar-refractivity contribution in [3.63, 3.8) is 0 Å². The van der Waals surface area contributed by atoms with Gasteiger partial charge in [0.05, 0.1) is 31.4 Å². The van der Waals surface area contributed by atoms with Crippen molar-refractivity contribution in [3.05, 3.63) is 52.0 Å². The molecule has 0 spiro atoms. The van der Waals surface area contributed by atoms with Gasteiger partial charge >= 0.3 is 6.18 Å². The summed E-state index contributed by atoms with van der Waals surface area (Å²) < 4.78 is 49.8. The number of fused-ring (bicyclic) bond motifs is 1. The standard InChI is InChI=1S/C21H22ClF3N2O3/c1-12-15-10-19(30-3)18(29-2)8-13(15)6-7-27(12)11-20(28)26-14-4-5-17(22)16(9-14)21(23,24)25/h4-5,8-10,12H,6-7,11H2,1-3H3,(H,26,28). The second kappa shape index (κ2) is 8.73. The molecule has 9 heteroatoms. The second-order valence-corrected chi connectivity index (χ2v) is 7.45. The van der Waals surface area contributed by atoms with Gasteiger partial charge in [0.1, 0.15) is 0 Å². The van der Waals surface area contributed by atoms with Crippen LogP contribution in [0.25, 0.3) is 0 Å². The molecule has 1 unspecified atom stereocenters. The van der Waals surface area contributed by atoms with E-state index in [1.165, 1.54) is 6.07 Å². The maximum atomic E-state index is 13.0. The lowest BCUT2D eigenvalue weighted by Crippen LogP contribution is -2.39. The summed E-state index contributed by atoms with van der Waals surface area (Å²) in [6.45, 7) is 2.64. The fourth-order valence-electron chi connectivity index (χ4n) is 3.62. The van der Waals surface area contributed by atoms with Gasteiger partial charge in [-0.25, -0.2) is 0 Å². The Morgan fingerprint density at radius 3 is 2.50 bits per heavy atom. The van der Waals surface area contributed by atoms with Crippen LogP contribution >= 0.6 is 11.6 Å². The first-order valence-electron chi connectivity index (χ1n) is 9.29. The van der Waals surface area contributed by atoms with Crippen LogP contribution in [0.3, 0.4) is 0 Å². The largest absolute Gasteiger partial charge is 0.493 e. The molecule has 0 saturated heterocycles. The van der Waals surface area contributed by atoms with E-state index in [2.05, 4.69) is 5.32 Å². The molecule has 1 amide bonds. The Kier molecular flexibility index (Phi) is 6.47. The number of hydrogen-bond acceptors (Lipinski definition) is 4. The molecule has 3 rings (SSSR count). The van der Waals surface area contributed by atoms with Crippen LogP contribution in [0.5, 0.6) is 11.5 Å². The van der Waals surface area contributed by atoms with E-state index in [9.17, 15) is 18.0 Å². The Morgan fingerprint density at radius 2 is 1.87 bits per heavy atom. The van der Waals surface area contributed by atoms with Gasteiger partial charge in [0.25, 0.3) is 0 Å². The van der Waals surface area contributed by atoms with Gasteiger partial charge in [-0.05, 0) is 54.8 Å². The number of halogens is 4. The van der Waals surface area contributed by atoms with E-state index in [4.69, 9.17) is 21.1 Å². The molecular weight excluding hydrogens is 421 g/mol. The molecule has 1 heterocycles. The highest BCUT2D eigenvalue weighted by Gasteiger charge is 2.33. The normalized spacial score (nSPS) is 16.7. The molecule has 2 aromatic rings. The summed E-state index contributed by atoms with van der Waals surface area (Å²) in [5.41, 5.74) is 1.21. The number of rotatable bonds is 5. The van der Waals surface area contributed by atoms with E-state index in [-0.39, 0.29) is 18.3 Å². The SMILES string of the molecule is COc1cc2c(cc1OC)C(C)N(CC(=O)Nc1ccc(Cl)c(C(F)(F)F)c1)CC2. The first-order chi connectivity index (χ1) is 14.1. The van der Waals surface area contributed by atoms with Gasteiger partial charge in [0.2, 0.25) is 5.91 Å². The molecule has 0 radical (unpaired) electrons. The molecule has 0 fully saturated rings. The minimum atomic E-state index is -4.59. The highest BCUT2D eigenvalue weighted by molar-refractivity contribution is 6.31. The van der Waals surface area contributed by atoms with Crippen molar-refractivity contribution in [2.75, 3.05) is 32.6 Å². The Labute approximate surface area is 177 Å². The number of anilines is 1. The van der Waals surface area contributed by atoms with Crippen molar-refractivity contribution >= 4 is 23.2 Å². The molecule has 30 heavy (non-hydrogen) atoms. The number of carbonyl (C=O) groups excluding carboxylic acids is 1. The van der Waals surface area contributed by atoms with Gasteiger partial charge in [-0.1, -0.05) is 11.6 Å². The monoisotopic (exact) mass is 442 g/mol. The van der Waals surface area contributed by atoms with Crippen molar-refractivity contribution in [2.45, 2.75) is 25.6 Å². The van der Waals surface area contributed by atoms with Crippen molar-refractivity contribution < 1.29 is 27.4 Å². The maximum Gasteiger partial charge on any atom is 0.417 e. The smallest absolute Gasteiger partial charge is 0.417 e. The lowest BCUT2D eigenvalue weighted by atomic mass is 9.93. The number of nitrogens with zero attached hydrogens (tertiary/aromatic N) is 1. The Morgan fingerprint density at radius 1 is 1.20 bits per heavy atom. The van der Waals surface area contributed by atoms with Crippen LogP contribution in [0.4, 0.5) is 18.9 Å². The molecule has 1 atom stereocenters. The predicted molar refractivity (Wildman–Crippen MR) is 108 cm³/mol. The number of amides is 1. The molecular formula is C21H22ClF3N2O3. The zero-order valence-corrected chi connectivity index (χ0v) is 17.5. The molecule has 2 aromatic carbocycles. The number of ether oxygens (including phenoxy) is 2. The number of carbonyl (C=O) groups is 1. The first-order valence-corrected chi connectivity index (χ1v) is 9.67. The van der Waals surface area contributed by atoms with E-state index in [1.54, 1.807) is 14.2 Å². The average Bonchev–Trinajstić information content (AvgIpc) is 2.69. The molecule has 162 valence electrons. The number of methoxy groups -OCH3 is 2. The quantitative estimate of drug-likeness (QED) is 0.713. The van der Waals surface area contributed by atoms with Crippen LogP contribution in [0.15, 0.2) is 30.3 Å². The van der Waals surface area contributed by atoms with Crippen LogP contribution in [-0.4, -0.2) is 38.1 Å². The minimum absolute atomic E-state index is 0.0406. The Balaban J connectivity index is 1.73. The Hall–Kier alpha value is -2.45. The summed E-state index contributed by atoms with van der Waals surface area (Å²) in [5, 5.41) is 2.12. The van der Waals surface area contributed by atoms with E-state index in [1.807, 2.05) is 24.0 Å². The highest BCUT2D eigenvalue weighted by Crippen LogP contribution is 2.38. The summed E-state index contributed by atoms with van der Waals surface area (Å²) in [4.78, 5) is 14.5. The zero-order chi connectivity index (χ0) is 22.1. The maximum absolute atomic E-state index is 13.0. The molecule has 0 aliphatic carbocycles. The molecule has 5 nitrogen and oxygen atoms in total. The lowest BCUT2D eigenvalue weighted by molar-refractivity contribution is -0.137. The summed E-state index contributed by atoms with van der Waals surface area (Å²) in [6, 6.07) is 7.08. The van der Waals surface area contributed by atoms with Crippen LogP contribution in [0.2, 0.25) is 5.02 Å². The van der Waals surface area contributed by atoms with Crippen molar-refractivity contribution in [3.8, 4) is 11.5 Å². The number of benzene rings is 2. The summed E-state index contributed by atoms with van der Waals surface area (Å²) >= 11 is 5.63. The molecule has 1 aliphatic heterocycles. The molecule has 0 aromatic heterocycles. The van der Waals surface area contributed by atoms with Gasteiger partial charge < -0.3 is 14.8 Å². The minimum Gasteiger partial charge on any atom is -0.493 e. The number of hydrogen-bond donors (Lipinski definition) is 1. The molecule has 0 bridgehead atoms.